The zero-order valence-corrected chi connectivity index (χ0v) is 14.8. The largest absolute Gasteiger partial charge is 0.348 e. The Morgan fingerprint density at radius 1 is 1.12 bits per heavy atom. The number of hydrogen-bond acceptors (Lipinski definition) is 4. The highest BCUT2D eigenvalue weighted by Crippen LogP contribution is 2.31. The summed E-state index contributed by atoms with van der Waals surface area (Å²) in [6, 6.07) is 13.8. The minimum atomic E-state index is -3.97. The molecule has 0 saturated heterocycles. The lowest BCUT2D eigenvalue weighted by atomic mass is 9.88. The van der Waals surface area contributed by atoms with Gasteiger partial charge in [-0.15, -0.1) is 0 Å². The van der Waals surface area contributed by atoms with Crippen LogP contribution in [0.15, 0.2) is 53.4 Å². The van der Waals surface area contributed by atoms with E-state index in [9.17, 15) is 18.0 Å². The van der Waals surface area contributed by atoms with E-state index in [1.165, 1.54) is 17.7 Å². The summed E-state index contributed by atoms with van der Waals surface area (Å²) in [5.74, 6) is -1.13. The van der Waals surface area contributed by atoms with E-state index >= 15 is 0 Å². The van der Waals surface area contributed by atoms with Crippen LogP contribution in [-0.2, 0) is 21.2 Å². The molecule has 1 aliphatic carbocycles. The average Bonchev–Trinajstić information content (AvgIpc) is 2.83. The number of benzene rings is 2. The van der Waals surface area contributed by atoms with Crippen LogP contribution < -0.4 is 5.32 Å². The van der Waals surface area contributed by atoms with Gasteiger partial charge in [0.15, 0.2) is 0 Å². The van der Waals surface area contributed by atoms with Crippen molar-refractivity contribution in [1.82, 2.24) is 9.62 Å². The molecule has 1 heterocycles. The van der Waals surface area contributed by atoms with Crippen LogP contribution in [0.3, 0.4) is 0 Å². The Hall–Kier alpha value is -2.67. The maximum absolute atomic E-state index is 12.5. The molecule has 0 aromatic heterocycles. The van der Waals surface area contributed by atoms with Crippen LogP contribution in [0.1, 0.15) is 40.4 Å². The van der Waals surface area contributed by atoms with E-state index in [0.717, 1.165) is 24.8 Å². The second kappa shape index (κ2) is 6.25. The fraction of sp³-hybridized carbons (Fsp3) is 0.263. The van der Waals surface area contributed by atoms with Gasteiger partial charge in [0.1, 0.15) is 11.4 Å². The standard InChI is InChI=1S/C19H18N2O4S/c22-18(20-16-10-5-7-13-6-1-2-8-14(13)16)12-21-19(23)15-9-3-4-11-17(15)26(21,24)25/h1-4,6,8-9,11,16H,5,7,10,12H2,(H,20,22). The molecule has 2 aromatic carbocycles. The van der Waals surface area contributed by atoms with Crippen molar-refractivity contribution < 1.29 is 18.0 Å². The van der Waals surface area contributed by atoms with Gasteiger partial charge >= 0.3 is 0 Å². The monoisotopic (exact) mass is 370 g/mol. The normalized spacial score (nSPS) is 20.4. The van der Waals surface area contributed by atoms with Gasteiger partial charge in [-0.25, -0.2) is 12.7 Å². The first-order valence-electron chi connectivity index (χ1n) is 8.52. The molecule has 0 bridgehead atoms. The fourth-order valence-electron chi connectivity index (χ4n) is 3.66. The third kappa shape index (κ3) is 2.68. The van der Waals surface area contributed by atoms with Gasteiger partial charge in [-0.1, -0.05) is 36.4 Å². The van der Waals surface area contributed by atoms with Crippen molar-refractivity contribution in [1.29, 1.82) is 0 Å². The quantitative estimate of drug-likeness (QED) is 0.896. The molecule has 0 spiro atoms. The number of hydrogen-bond donors (Lipinski definition) is 1. The Bertz CT molecular complexity index is 1000. The molecule has 2 aliphatic rings. The molecule has 1 atom stereocenters. The molecule has 0 fully saturated rings. The molecule has 2 amide bonds. The van der Waals surface area contributed by atoms with Crippen LogP contribution in [0.25, 0.3) is 0 Å². The molecule has 0 radical (unpaired) electrons. The van der Waals surface area contributed by atoms with Gasteiger partial charge in [0.25, 0.3) is 15.9 Å². The molecule has 4 rings (SSSR count). The van der Waals surface area contributed by atoms with Crippen LogP contribution in [0, 0.1) is 0 Å². The summed E-state index contributed by atoms with van der Waals surface area (Å²) in [4.78, 5) is 24.9. The van der Waals surface area contributed by atoms with Crippen LogP contribution >= 0.6 is 0 Å². The second-order valence-electron chi connectivity index (χ2n) is 6.52. The number of nitrogens with zero attached hydrogens (tertiary/aromatic N) is 1. The first-order chi connectivity index (χ1) is 12.5. The Morgan fingerprint density at radius 3 is 2.65 bits per heavy atom. The number of carbonyl (C=O) groups is 2. The second-order valence-corrected chi connectivity index (χ2v) is 8.35. The Labute approximate surface area is 151 Å². The van der Waals surface area contributed by atoms with Crippen molar-refractivity contribution in [2.24, 2.45) is 0 Å². The predicted molar refractivity (Wildman–Crippen MR) is 94.9 cm³/mol. The minimum Gasteiger partial charge on any atom is -0.348 e. The molecule has 1 aliphatic heterocycles. The lowest BCUT2D eigenvalue weighted by Gasteiger charge is -2.27. The van der Waals surface area contributed by atoms with Gasteiger partial charge in [-0.2, -0.15) is 0 Å². The molecule has 134 valence electrons. The van der Waals surface area contributed by atoms with E-state index in [1.54, 1.807) is 12.1 Å². The van der Waals surface area contributed by atoms with Crippen molar-refractivity contribution in [3.8, 4) is 0 Å². The summed E-state index contributed by atoms with van der Waals surface area (Å²) in [6.07, 6.45) is 2.72. The number of carbonyl (C=O) groups excluding carboxylic acids is 2. The average molecular weight is 370 g/mol. The first kappa shape index (κ1) is 16.8. The Kier molecular flexibility index (Phi) is 4.03. The van der Waals surface area contributed by atoms with E-state index in [1.807, 2.05) is 24.3 Å². The van der Waals surface area contributed by atoms with Crippen LogP contribution in [0.4, 0.5) is 0 Å². The number of sulfonamides is 1. The number of amides is 2. The van der Waals surface area contributed by atoms with Gasteiger partial charge in [0.2, 0.25) is 5.91 Å². The maximum Gasteiger partial charge on any atom is 0.269 e. The highest BCUT2D eigenvalue weighted by atomic mass is 32.2. The molecule has 6 nitrogen and oxygen atoms in total. The maximum atomic E-state index is 12.5. The SMILES string of the molecule is O=C(CN1C(=O)c2ccccc2S1(=O)=O)NC1CCCc2ccccc21. The fourth-order valence-corrected chi connectivity index (χ4v) is 5.19. The molecule has 26 heavy (non-hydrogen) atoms. The highest BCUT2D eigenvalue weighted by molar-refractivity contribution is 7.90. The van der Waals surface area contributed by atoms with Crippen molar-refractivity contribution >= 4 is 21.8 Å². The molecule has 0 saturated carbocycles. The van der Waals surface area contributed by atoms with Crippen molar-refractivity contribution in [2.45, 2.75) is 30.2 Å². The summed E-state index contributed by atoms with van der Waals surface area (Å²) in [5.41, 5.74) is 2.37. The highest BCUT2D eigenvalue weighted by Gasteiger charge is 2.42. The van der Waals surface area contributed by atoms with Gasteiger partial charge in [-0.3, -0.25) is 9.59 Å². The van der Waals surface area contributed by atoms with E-state index in [4.69, 9.17) is 0 Å². The molecule has 2 aromatic rings. The Morgan fingerprint density at radius 2 is 1.85 bits per heavy atom. The number of nitrogens with one attached hydrogen (secondary N) is 1. The topological polar surface area (TPSA) is 83.6 Å². The van der Waals surface area contributed by atoms with E-state index in [2.05, 4.69) is 5.32 Å². The first-order valence-corrected chi connectivity index (χ1v) is 9.96. The van der Waals surface area contributed by atoms with Crippen molar-refractivity contribution in [3.05, 3.63) is 65.2 Å². The van der Waals surface area contributed by atoms with Gasteiger partial charge in [-0.05, 0) is 42.5 Å². The third-order valence-electron chi connectivity index (χ3n) is 4.90. The number of rotatable bonds is 3. The van der Waals surface area contributed by atoms with Crippen LogP contribution in [-0.4, -0.2) is 31.1 Å². The molecular formula is C19H18N2O4S. The molecule has 1 N–H and O–H groups in total. The summed E-state index contributed by atoms with van der Waals surface area (Å²) in [6.45, 7) is -0.505. The van der Waals surface area contributed by atoms with Crippen molar-refractivity contribution in [3.63, 3.8) is 0 Å². The number of aryl methyl sites for hydroxylation is 1. The summed E-state index contributed by atoms with van der Waals surface area (Å²) < 4.78 is 25.7. The van der Waals surface area contributed by atoms with E-state index < -0.39 is 28.4 Å². The van der Waals surface area contributed by atoms with Gasteiger partial charge in [0, 0.05) is 0 Å². The Balaban J connectivity index is 1.53. The summed E-state index contributed by atoms with van der Waals surface area (Å²) >= 11 is 0. The lowest BCUT2D eigenvalue weighted by molar-refractivity contribution is -0.121. The summed E-state index contributed by atoms with van der Waals surface area (Å²) in [5, 5.41) is 2.89. The van der Waals surface area contributed by atoms with Crippen LogP contribution in [0.5, 0.6) is 0 Å². The molecular weight excluding hydrogens is 352 g/mol. The zero-order valence-electron chi connectivity index (χ0n) is 14.0. The van der Waals surface area contributed by atoms with Gasteiger partial charge in [0.05, 0.1) is 11.6 Å². The summed E-state index contributed by atoms with van der Waals surface area (Å²) in [7, 11) is -3.97. The predicted octanol–water partition coefficient (Wildman–Crippen LogP) is 2.02. The smallest absolute Gasteiger partial charge is 0.269 e. The van der Waals surface area contributed by atoms with Crippen molar-refractivity contribution in [2.75, 3.05) is 6.54 Å². The van der Waals surface area contributed by atoms with Gasteiger partial charge < -0.3 is 5.32 Å². The number of fused-ring (bicyclic) bond motifs is 2. The van der Waals surface area contributed by atoms with E-state index in [-0.39, 0.29) is 16.5 Å². The van der Waals surface area contributed by atoms with E-state index in [0.29, 0.717) is 4.31 Å². The lowest BCUT2D eigenvalue weighted by Crippen LogP contribution is -2.42. The minimum absolute atomic E-state index is 0.0409. The van der Waals surface area contributed by atoms with Crippen LogP contribution in [0.2, 0.25) is 0 Å². The molecule has 7 heteroatoms. The third-order valence-corrected chi connectivity index (χ3v) is 6.69. The zero-order chi connectivity index (χ0) is 18.3. The molecule has 1 unspecified atom stereocenters.